The van der Waals surface area contributed by atoms with Crippen molar-refractivity contribution in [3.63, 3.8) is 0 Å². The molecule has 4 rings (SSSR count). The van der Waals surface area contributed by atoms with Gasteiger partial charge in [0.15, 0.2) is 11.0 Å². The first-order valence-electron chi connectivity index (χ1n) is 9.69. The summed E-state index contributed by atoms with van der Waals surface area (Å²) >= 11 is 7.43. The quantitative estimate of drug-likeness (QED) is 0.359. The summed E-state index contributed by atoms with van der Waals surface area (Å²) in [6.07, 6.45) is 1.60. The third kappa shape index (κ3) is 5.00. The molecule has 0 bridgehead atoms. The number of halogens is 1. The molecule has 0 aliphatic heterocycles. The summed E-state index contributed by atoms with van der Waals surface area (Å²) in [5, 5.41) is 10.1. The van der Waals surface area contributed by atoms with Gasteiger partial charge in [0.2, 0.25) is 5.91 Å². The van der Waals surface area contributed by atoms with E-state index in [1.165, 1.54) is 17.3 Å². The number of rotatable bonds is 7. The van der Waals surface area contributed by atoms with E-state index < -0.39 is 0 Å². The fourth-order valence-electron chi connectivity index (χ4n) is 3.04. The van der Waals surface area contributed by atoms with E-state index in [0.717, 1.165) is 17.0 Å². The SMILES string of the molecule is Cc1ccc(-c2nnc(SCC(=O)N(C)Cc3ccco3)n2-c2ccc(Cl)cc2)cc1. The van der Waals surface area contributed by atoms with E-state index in [0.29, 0.717) is 22.5 Å². The van der Waals surface area contributed by atoms with E-state index in [2.05, 4.69) is 10.2 Å². The number of aryl methyl sites for hydroxylation is 1. The zero-order valence-corrected chi connectivity index (χ0v) is 18.7. The molecular formula is C23H21ClN4O2S. The van der Waals surface area contributed by atoms with E-state index >= 15 is 0 Å². The van der Waals surface area contributed by atoms with Crippen molar-refractivity contribution in [1.29, 1.82) is 0 Å². The highest BCUT2D eigenvalue weighted by molar-refractivity contribution is 7.99. The van der Waals surface area contributed by atoms with Gasteiger partial charge in [0, 0.05) is 23.3 Å². The summed E-state index contributed by atoms with van der Waals surface area (Å²) in [6.45, 7) is 2.46. The Hall–Kier alpha value is -3.03. The minimum atomic E-state index is -0.0241. The van der Waals surface area contributed by atoms with Crippen LogP contribution >= 0.6 is 23.4 Å². The van der Waals surface area contributed by atoms with Crippen molar-refractivity contribution in [2.45, 2.75) is 18.6 Å². The molecule has 158 valence electrons. The number of benzene rings is 2. The average molecular weight is 453 g/mol. The highest BCUT2D eigenvalue weighted by atomic mass is 35.5. The first-order chi connectivity index (χ1) is 15.0. The molecule has 1 amide bonds. The lowest BCUT2D eigenvalue weighted by Gasteiger charge is -2.15. The van der Waals surface area contributed by atoms with Crippen LogP contribution in [0.2, 0.25) is 5.02 Å². The number of nitrogens with zero attached hydrogens (tertiary/aromatic N) is 4. The Kier molecular flexibility index (Phi) is 6.44. The Labute approximate surface area is 189 Å². The molecule has 2 aromatic heterocycles. The van der Waals surface area contributed by atoms with Crippen molar-refractivity contribution in [2.75, 3.05) is 12.8 Å². The number of furan rings is 1. The summed E-state index contributed by atoms with van der Waals surface area (Å²) in [5.41, 5.74) is 2.99. The molecule has 6 nitrogen and oxygen atoms in total. The Balaban J connectivity index is 1.59. The van der Waals surface area contributed by atoms with Crippen LogP contribution in [0.25, 0.3) is 17.1 Å². The Morgan fingerprint density at radius 2 is 1.84 bits per heavy atom. The average Bonchev–Trinajstić information content (AvgIpc) is 3.43. The molecule has 2 heterocycles. The lowest BCUT2D eigenvalue weighted by atomic mass is 10.1. The molecule has 2 aromatic carbocycles. The second-order valence-electron chi connectivity index (χ2n) is 7.10. The highest BCUT2D eigenvalue weighted by Crippen LogP contribution is 2.29. The molecular weight excluding hydrogens is 432 g/mol. The number of aromatic nitrogens is 3. The third-order valence-electron chi connectivity index (χ3n) is 4.75. The van der Waals surface area contributed by atoms with Crippen molar-refractivity contribution < 1.29 is 9.21 Å². The van der Waals surface area contributed by atoms with Crippen LogP contribution in [-0.2, 0) is 11.3 Å². The van der Waals surface area contributed by atoms with Gasteiger partial charge in [-0.2, -0.15) is 0 Å². The highest BCUT2D eigenvalue weighted by Gasteiger charge is 2.19. The Morgan fingerprint density at radius 1 is 1.10 bits per heavy atom. The number of thioether (sulfide) groups is 1. The summed E-state index contributed by atoms with van der Waals surface area (Å²) < 4.78 is 7.28. The van der Waals surface area contributed by atoms with Crippen LogP contribution in [0.4, 0.5) is 0 Å². The molecule has 0 N–H and O–H groups in total. The molecule has 4 aromatic rings. The fourth-order valence-corrected chi connectivity index (χ4v) is 4.06. The molecule has 0 saturated carbocycles. The largest absolute Gasteiger partial charge is 0.467 e. The van der Waals surface area contributed by atoms with Crippen LogP contribution in [0.5, 0.6) is 0 Å². The third-order valence-corrected chi connectivity index (χ3v) is 5.92. The van der Waals surface area contributed by atoms with E-state index in [1.807, 2.05) is 72.2 Å². The molecule has 0 aliphatic rings. The van der Waals surface area contributed by atoms with Gasteiger partial charge in [0.1, 0.15) is 5.76 Å². The normalized spacial score (nSPS) is 10.9. The van der Waals surface area contributed by atoms with E-state index in [-0.39, 0.29) is 11.7 Å². The van der Waals surface area contributed by atoms with Crippen molar-refractivity contribution in [3.8, 4) is 17.1 Å². The molecule has 0 atom stereocenters. The van der Waals surface area contributed by atoms with Gasteiger partial charge in [0.25, 0.3) is 0 Å². The van der Waals surface area contributed by atoms with E-state index in [4.69, 9.17) is 16.0 Å². The zero-order valence-electron chi connectivity index (χ0n) is 17.2. The van der Waals surface area contributed by atoms with Crippen LogP contribution in [0.3, 0.4) is 0 Å². The van der Waals surface area contributed by atoms with Crippen LogP contribution in [0.1, 0.15) is 11.3 Å². The van der Waals surface area contributed by atoms with Crippen LogP contribution < -0.4 is 0 Å². The van der Waals surface area contributed by atoms with Gasteiger partial charge in [-0.05, 0) is 43.3 Å². The molecule has 0 spiro atoms. The maximum absolute atomic E-state index is 12.6. The maximum Gasteiger partial charge on any atom is 0.233 e. The molecule has 0 radical (unpaired) electrons. The summed E-state index contributed by atoms with van der Waals surface area (Å²) in [5.74, 6) is 1.66. The van der Waals surface area contributed by atoms with Crippen molar-refractivity contribution in [1.82, 2.24) is 19.7 Å². The van der Waals surface area contributed by atoms with Gasteiger partial charge >= 0.3 is 0 Å². The standard InChI is InChI=1S/C23H21ClN4O2S/c1-16-5-7-17(8-6-16)22-25-26-23(28(22)19-11-9-18(24)10-12-19)31-15-21(29)27(2)14-20-4-3-13-30-20/h3-13H,14-15H2,1-2H3. The predicted octanol–water partition coefficient (Wildman–Crippen LogP) is 5.24. The van der Waals surface area contributed by atoms with E-state index in [9.17, 15) is 4.79 Å². The predicted molar refractivity (Wildman–Crippen MR) is 122 cm³/mol. The number of carbonyl (C=O) groups excluding carboxylic acids is 1. The molecule has 0 saturated heterocycles. The van der Waals surface area contributed by atoms with Gasteiger partial charge < -0.3 is 9.32 Å². The van der Waals surface area contributed by atoms with E-state index in [1.54, 1.807) is 18.2 Å². The molecule has 0 aliphatic carbocycles. The molecule has 0 unspecified atom stereocenters. The van der Waals surface area contributed by atoms with Gasteiger partial charge in [-0.15, -0.1) is 10.2 Å². The first kappa shape index (κ1) is 21.2. The minimum absolute atomic E-state index is 0.0241. The van der Waals surface area contributed by atoms with Crippen LogP contribution in [-0.4, -0.2) is 38.4 Å². The number of hydrogen-bond acceptors (Lipinski definition) is 5. The lowest BCUT2D eigenvalue weighted by Crippen LogP contribution is -2.27. The minimum Gasteiger partial charge on any atom is -0.467 e. The summed E-state index contributed by atoms with van der Waals surface area (Å²) in [7, 11) is 1.76. The van der Waals surface area contributed by atoms with Gasteiger partial charge in [-0.1, -0.05) is 53.2 Å². The van der Waals surface area contributed by atoms with Crippen molar-refractivity contribution in [2.24, 2.45) is 0 Å². The monoisotopic (exact) mass is 452 g/mol. The second kappa shape index (κ2) is 9.41. The van der Waals surface area contributed by atoms with Gasteiger partial charge in [-0.3, -0.25) is 9.36 Å². The fraction of sp³-hybridized carbons (Fsp3) is 0.174. The topological polar surface area (TPSA) is 64.2 Å². The van der Waals surface area contributed by atoms with Crippen LogP contribution in [0.15, 0.2) is 76.5 Å². The van der Waals surface area contributed by atoms with Crippen LogP contribution in [0, 0.1) is 6.92 Å². The number of carbonyl (C=O) groups is 1. The number of hydrogen-bond donors (Lipinski definition) is 0. The number of amides is 1. The second-order valence-corrected chi connectivity index (χ2v) is 8.48. The zero-order chi connectivity index (χ0) is 21.8. The lowest BCUT2D eigenvalue weighted by molar-refractivity contribution is -0.127. The Bertz CT molecular complexity index is 1160. The first-order valence-corrected chi connectivity index (χ1v) is 11.0. The Morgan fingerprint density at radius 3 is 2.52 bits per heavy atom. The van der Waals surface area contributed by atoms with Crippen molar-refractivity contribution in [3.05, 3.63) is 83.3 Å². The molecule has 8 heteroatoms. The molecule has 0 fully saturated rings. The smallest absolute Gasteiger partial charge is 0.233 e. The summed E-state index contributed by atoms with van der Waals surface area (Å²) in [6, 6.07) is 19.2. The van der Waals surface area contributed by atoms with Gasteiger partial charge in [0.05, 0.1) is 18.6 Å². The summed E-state index contributed by atoms with van der Waals surface area (Å²) in [4.78, 5) is 14.3. The van der Waals surface area contributed by atoms with Gasteiger partial charge in [-0.25, -0.2) is 0 Å². The van der Waals surface area contributed by atoms with Crippen molar-refractivity contribution >= 4 is 29.3 Å². The maximum atomic E-state index is 12.6. The molecule has 31 heavy (non-hydrogen) atoms.